The minimum absolute atomic E-state index is 0.720. The number of hydrogen-bond donors (Lipinski definition) is 1. The lowest BCUT2D eigenvalue weighted by molar-refractivity contribution is 1.29. The van der Waals surface area contributed by atoms with Gasteiger partial charge >= 0.3 is 0 Å². The van der Waals surface area contributed by atoms with E-state index >= 15 is 0 Å². The topological polar surface area (TPSA) is 38.4 Å². The van der Waals surface area contributed by atoms with E-state index in [0.29, 0.717) is 0 Å². The number of rotatable bonds is 0. The van der Waals surface area contributed by atoms with Crippen LogP contribution >= 0.6 is 11.8 Å². The van der Waals surface area contributed by atoms with Gasteiger partial charge in [-0.05, 0) is 24.6 Å². The minimum atomic E-state index is 0.720. The second-order valence-electron chi connectivity index (χ2n) is 2.86. The molecule has 0 bridgehead atoms. The Balaban J connectivity index is 2.53. The lowest BCUT2D eigenvalue weighted by Gasteiger charge is -2.12. The van der Waals surface area contributed by atoms with Crippen molar-refractivity contribution in [3.8, 4) is 0 Å². The standard InChI is InChI=1S/C9H10N2S/c1-6-2-3-8-7(4-6)11-9(10)5-12-8/h2-4H,5H2,1H3,(H2,10,11). The second kappa shape index (κ2) is 2.83. The summed E-state index contributed by atoms with van der Waals surface area (Å²) in [5.41, 5.74) is 7.88. The fourth-order valence-corrected chi connectivity index (χ4v) is 1.96. The van der Waals surface area contributed by atoms with Gasteiger partial charge < -0.3 is 5.73 Å². The van der Waals surface area contributed by atoms with Crippen molar-refractivity contribution in [3.63, 3.8) is 0 Å². The van der Waals surface area contributed by atoms with Crippen LogP contribution in [0.25, 0.3) is 0 Å². The average molecular weight is 178 g/mol. The predicted molar refractivity (Wildman–Crippen MR) is 53.2 cm³/mol. The number of fused-ring (bicyclic) bond motifs is 1. The maximum Gasteiger partial charge on any atom is 0.110 e. The lowest BCUT2D eigenvalue weighted by Crippen LogP contribution is -2.16. The summed E-state index contributed by atoms with van der Waals surface area (Å²) in [6.45, 7) is 2.06. The molecule has 0 fully saturated rings. The molecule has 1 aliphatic heterocycles. The highest BCUT2D eigenvalue weighted by molar-refractivity contribution is 8.00. The number of benzene rings is 1. The first-order chi connectivity index (χ1) is 5.75. The molecule has 0 amide bonds. The molecule has 0 saturated heterocycles. The van der Waals surface area contributed by atoms with Crippen molar-refractivity contribution in [3.05, 3.63) is 23.8 Å². The molecule has 0 aliphatic carbocycles. The van der Waals surface area contributed by atoms with Crippen molar-refractivity contribution in [1.29, 1.82) is 0 Å². The molecule has 2 nitrogen and oxygen atoms in total. The van der Waals surface area contributed by atoms with Crippen LogP contribution in [0.1, 0.15) is 5.56 Å². The first-order valence-electron chi connectivity index (χ1n) is 3.82. The van der Waals surface area contributed by atoms with E-state index < -0.39 is 0 Å². The third-order valence-corrected chi connectivity index (χ3v) is 2.85. The molecule has 62 valence electrons. The van der Waals surface area contributed by atoms with Crippen LogP contribution in [0.4, 0.5) is 5.69 Å². The van der Waals surface area contributed by atoms with Crippen molar-refractivity contribution < 1.29 is 0 Å². The first-order valence-corrected chi connectivity index (χ1v) is 4.81. The molecule has 1 aromatic rings. The molecule has 0 unspecified atom stereocenters. The van der Waals surface area contributed by atoms with E-state index in [-0.39, 0.29) is 0 Å². The van der Waals surface area contributed by atoms with Crippen molar-refractivity contribution in [2.45, 2.75) is 11.8 Å². The Labute approximate surface area is 75.9 Å². The highest BCUT2D eigenvalue weighted by Crippen LogP contribution is 2.33. The molecular formula is C9H10N2S. The van der Waals surface area contributed by atoms with Crippen LogP contribution in [-0.2, 0) is 0 Å². The van der Waals surface area contributed by atoms with Gasteiger partial charge in [0.1, 0.15) is 5.84 Å². The van der Waals surface area contributed by atoms with Gasteiger partial charge in [0, 0.05) is 4.90 Å². The van der Waals surface area contributed by atoms with E-state index in [1.807, 2.05) is 0 Å². The summed E-state index contributed by atoms with van der Waals surface area (Å²) in [5.74, 6) is 1.54. The Bertz CT molecular complexity index is 344. The summed E-state index contributed by atoms with van der Waals surface area (Å²) in [6.07, 6.45) is 0. The molecule has 0 atom stereocenters. The van der Waals surface area contributed by atoms with Crippen LogP contribution in [0.2, 0.25) is 0 Å². The highest BCUT2D eigenvalue weighted by atomic mass is 32.2. The lowest BCUT2D eigenvalue weighted by atomic mass is 10.2. The summed E-state index contributed by atoms with van der Waals surface area (Å²) in [4.78, 5) is 5.51. The summed E-state index contributed by atoms with van der Waals surface area (Å²) in [6, 6.07) is 6.27. The third kappa shape index (κ3) is 1.32. The Kier molecular flexibility index (Phi) is 1.81. The van der Waals surface area contributed by atoms with Gasteiger partial charge in [-0.15, -0.1) is 11.8 Å². The van der Waals surface area contributed by atoms with Gasteiger partial charge in [-0.3, -0.25) is 0 Å². The molecule has 0 radical (unpaired) electrons. The summed E-state index contributed by atoms with van der Waals surface area (Å²) >= 11 is 1.75. The van der Waals surface area contributed by atoms with Crippen molar-refractivity contribution in [2.24, 2.45) is 10.7 Å². The molecule has 0 aromatic heterocycles. The molecule has 0 saturated carbocycles. The van der Waals surface area contributed by atoms with Crippen molar-refractivity contribution in [1.82, 2.24) is 0 Å². The third-order valence-electron chi connectivity index (χ3n) is 1.75. The molecule has 2 N–H and O–H groups in total. The number of hydrogen-bond acceptors (Lipinski definition) is 3. The average Bonchev–Trinajstić information content (AvgIpc) is 2.03. The molecule has 2 rings (SSSR count). The molecule has 1 aromatic carbocycles. The second-order valence-corrected chi connectivity index (χ2v) is 3.88. The quantitative estimate of drug-likeness (QED) is 0.660. The first kappa shape index (κ1) is 7.68. The molecule has 0 spiro atoms. The van der Waals surface area contributed by atoms with Gasteiger partial charge in [0.05, 0.1) is 11.4 Å². The van der Waals surface area contributed by atoms with Crippen LogP contribution in [0, 0.1) is 6.92 Å². The summed E-state index contributed by atoms with van der Waals surface area (Å²) < 4.78 is 0. The molecule has 1 heterocycles. The normalized spacial score (nSPS) is 15.2. The van der Waals surface area contributed by atoms with Crippen LogP contribution in [0.15, 0.2) is 28.1 Å². The van der Waals surface area contributed by atoms with E-state index in [1.54, 1.807) is 11.8 Å². The Morgan fingerprint density at radius 1 is 1.50 bits per heavy atom. The van der Waals surface area contributed by atoms with Gasteiger partial charge in [-0.25, -0.2) is 4.99 Å². The van der Waals surface area contributed by atoms with Crippen LogP contribution in [0.5, 0.6) is 0 Å². The monoisotopic (exact) mass is 178 g/mol. The maximum atomic E-state index is 5.63. The van der Waals surface area contributed by atoms with Crippen molar-refractivity contribution in [2.75, 3.05) is 5.75 Å². The van der Waals surface area contributed by atoms with Gasteiger partial charge in [0.25, 0.3) is 0 Å². The Morgan fingerprint density at radius 3 is 3.17 bits per heavy atom. The van der Waals surface area contributed by atoms with Gasteiger partial charge in [0.15, 0.2) is 0 Å². The fourth-order valence-electron chi connectivity index (χ4n) is 1.18. The summed E-state index contributed by atoms with van der Waals surface area (Å²) in [7, 11) is 0. The SMILES string of the molecule is Cc1ccc2c(c1)N=C(N)CS2. The number of aliphatic imine (C=N–C) groups is 1. The van der Waals surface area contributed by atoms with E-state index in [2.05, 4.69) is 30.1 Å². The van der Waals surface area contributed by atoms with Crippen LogP contribution in [0.3, 0.4) is 0 Å². The van der Waals surface area contributed by atoms with Crippen molar-refractivity contribution >= 4 is 23.3 Å². The van der Waals surface area contributed by atoms with Crippen LogP contribution in [-0.4, -0.2) is 11.6 Å². The predicted octanol–water partition coefficient (Wildman–Crippen LogP) is 2.09. The number of amidine groups is 1. The van der Waals surface area contributed by atoms with Gasteiger partial charge in [-0.2, -0.15) is 0 Å². The zero-order valence-corrected chi connectivity index (χ0v) is 7.69. The van der Waals surface area contributed by atoms with Gasteiger partial charge in [0.2, 0.25) is 0 Å². The number of nitrogens with zero attached hydrogens (tertiary/aromatic N) is 1. The molecule has 1 aliphatic rings. The van der Waals surface area contributed by atoms with Crippen LogP contribution < -0.4 is 5.73 Å². The smallest absolute Gasteiger partial charge is 0.110 e. The Morgan fingerprint density at radius 2 is 2.33 bits per heavy atom. The molecule has 3 heteroatoms. The maximum absolute atomic E-state index is 5.63. The largest absolute Gasteiger partial charge is 0.386 e. The van der Waals surface area contributed by atoms with E-state index in [9.17, 15) is 0 Å². The summed E-state index contributed by atoms with van der Waals surface area (Å²) in [5, 5.41) is 0. The van der Waals surface area contributed by atoms with E-state index in [4.69, 9.17) is 5.73 Å². The number of aryl methyl sites for hydroxylation is 1. The number of thioether (sulfide) groups is 1. The van der Waals surface area contributed by atoms with Gasteiger partial charge in [-0.1, -0.05) is 6.07 Å². The van der Waals surface area contributed by atoms with E-state index in [0.717, 1.165) is 17.3 Å². The highest BCUT2D eigenvalue weighted by Gasteiger charge is 2.09. The zero-order chi connectivity index (χ0) is 8.55. The fraction of sp³-hybridized carbons (Fsp3) is 0.222. The zero-order valence-electron chi connectivity index (χ0n) is 6.87. The number of nitrogens with two attached hydrogens (primary N) is 1. The minimum Gasteiger partial charge on any atom is -0.386 e. The molecule has 12 heavy (non-hydrogen) atoms. The van der Waals surface area contributed by atoms with E-state index in [1.165, 1.54) is 10.5 Å². The molecular weight excluding hydrogens is 168 g/mol. The Hall–Kier alpha value is -0.960.